The zero-order valence-electron chi connectivity index (χ0n) is 10.9. The van der Waals surface area contributed by atoms with Gasteiger partial charge in [-0.25, -0.2) is 0 Å². The van der Waals surface area contributed by atoms with Crippen LogP contribution in [0.4, 0.5) is 0 Å². The van der Waals surface area contributed by atoms with Crippen LogP contribution in [0.3, 0.4) is 0 Å². The van der Waals surface area contributed by atoms with E-state index in [4.69, 9.17) is 11.6 Å². The topological polar surface area (TPSA) is 12.0 Å². The van der Waals surface area contributed by atoms with Crippen molar-refractivity contribution in [3.8, 4) is 0 Å². The van der Waals surface area contributed by atoms with E-state index in [1.165, 1.54) is 17.7 Å². The van der Waals surface area contributed by atoms with Crippen molar-refractivity contribution in [2.45, 2.75) is 49.8 Å². The summed E-state index contributed by atoms with van der Waals surface area (Å²) in [6, 6.07) is 8.68. The third kappa shape index (κ3) is 6.35. The zero-order valence-corrected chi connectivity index (χ0v) is 12.4. The molecule has 1 aromatic carbocycles. The molecule has 0 aliphatic carbocycles. The van der Waals surface area contributed by atoms with Crippen LogP contribution in [0.5, 0.6) is 0 Å². The molecule has 2 atom stereocenters. The lowest BCUT2D eigenvalue weighted by molar-refractivity contribution is 0.511. The first kappa shape index (κ1) is 14.9. The first-order chi connectivity index (χ1) is 8.11. The van der Waals surface area contributed by atoms with Gasteiger partial charge in [-0.05, 0) is 37.6 Å². The van der Waals surface area contributed by atoms with Crippen molar-refractivity contribution < 1.29 is 0 Å². The number of halogens is 1. The lowest BCUT2D eigenvalue weighted by Crippen LogP contribution is -2.31. The average molecular weight is 272 g/mol. The molecule has 96 valence electrons. The van der Waals surface area contributed by atoms with E-state index in [9.17, 15) is 0 Å². The third-order valence-corrected chi connectivity index (χ3v) is 3.99. The van der Waals surface area contributed by atoms with E-state index >= 15 is 0 Å². The van der Waals surface area contributed by atoms with Crippen LogP contribution in [0.2, 0.25) is 5.02 Å². The minimum atomic E-state index is 0.579. The van der Waals surface area contributed by atoms with Crippen molar-refractivity contribution >= 4 is 23.4 Å². The predicted molar refractivity (Wildman–Crippen MR) is 79.1 cm³/mol. The molecule has 0 fully saturated rings. The highest BCUT2D eigenvalue weighted by Gasteiger charge is 2.06. The summed E-state index contributed by atoms with van der Waals surface area (Å²) in [7, 11) is 0. The van der Waals surface area contributed by atoms with Crippen LogP contribution in [-0.4, -0.2) is 17.8 Å². The van der Waals surface area contributed by atoms with Crippen molar-refractivity contribution in [1.29, 1.82) is 0 Å². The summed E-state index contributed by atoms with van der Waals surface area (Å²) < 4.78 is 0. The van der Waals surface area contributed by atoms with Crippen LogP contribution in [0.15, 0.2) is 29.2 Å². The van der Waals surface area contributed by atoms with Gasteiger partial charge < -0.3 is 5.32 Å². The van der Waals surface area contributed by atoms with E-state index in [0.29, 0.717) is 11.3 Å². The van der Waals surface area contributed by atoms with Crippen molar-refractivity contribution in [2.24, 2.45) is 0 Å². The Balaban J connectivity index is 2.29. The molecule has 2 unspecified atom stereocenters. The fourth-order valence-corrected chi connectivity index (χ4v) is 2.75. The maximum Gasteiger partial charge on any atom is 0.0406 e. The number of thioether (sulfide) groups is 1. The van der Waals surface area contributed by atoms with Gasteiger partial charge in [-0.15, -0.1) is 11.8 Å². The molecule has 0 aromatic heterocycles. The average Bonchev–Trinajstić information content (AvgIpc) is 2.30. The molecule has 1 N–H and O–H groups in total. The molecular weight excluding hydrogens is 250 g/mol. The van der Waals surface area contributed by atoms with E-state index in [2.05, 4.69) is 38.2 Å². The number of nitrogens with one attached hydrogen (secondary N) is 1. The summed E-state index contributed by atoms with van der Waals surface area (Å²) in [5.41, 5.74) is 0. The van der Waals surface area contributed by atoms with Gasteiger partial charge >= 0.3 is 0 Å². The molecule has 0 bridgehead atoms. The summed E-state index contributed by atoms with van der Waals surface area (Å²) in [5, 5.41) is 4.95. The van der Waals surface area contributed by atoms with E-state index in [-0.39, 0.29) is 0 Å². The molecule has 0 heterocycles. The van der Waals surface area contributed by atoms with E-state index in [0.717, 1.165) is 11.6 Å². The van der Waals surface area contributed by atoms with Gasteiger partial charge in [0.05, 0.1) is 0 Å². The summed E-state index contributed by atoms with van der Waals surface area (Å²) in [6.07, 6.45) is 2.49. The lowest BCUT2D eigenvalue weighted by Gasteiger charge is -2.17. The molecule has 0 aliphatic rings. The Morgan fingerprint density at radius 1 is 1.24 bits per heavy atom. The number of hydrogen-bond donors (Lipinski definition) is 1. The van der Waals surface area contributed by atoms with Crippen LogP contribution < -0.4 is 5.32 Å². The smallest absolute Gasteiger partial charge is 0.0406 e. The standard InChI is InChI=1S/C14H22ClNS/c1-4-5-11(2)16-10-12(3)17-14-8-6-13(15)7-9-14/h6-9,11-12,16H,4-5,10H2,1-3H3. The molecule has 1 aromatic rings. The van der Waals surface area contributed by atoms with Gasteiger partial charge in [0.1, 0.15) is 0 Å². The molecule has 1 nitrogen and oxygen atoms in total. The highest BCUT2D eigenvalue weighted by atomic mass is 35.5. The van der Waals surface area contributed by atoms with Crippen LogP contribution in [0.25, 0.3) is 0 Å². The summed E-state index contributed by atoms with van der Waals surface area (Å²) in [6.45, 7) is 7.78. The molecule has 0 spiro atoms. The van der Waals surface area contributed by atoms with Gasteiger partial charge in [0.15, 0.2) is 0 Å². The zero-order chi connectivity index (χ0) is 12.7. The molecule has 17 heavy (non-hydrogen) atoms. The van der Waals surface area contributed by atoms with Crippen molar-refractivity contribution in [3.63, 3.8) is 0 Å². The molecule has 0 amide bonds. The molecule has 0 radical (unpaired) electrons. The third-order valence-electron chi connectivity index (χ3n) is 2.63. The van der Waals surface area contributed by atoms with Crippen molar-refractivity contribution in [3.05, 3.63) is 29.3 Å². The van der Waals surface area contributed by atoms with Gasteiger partial charge in [-0.2, -0.15) is 0 Å². The second kappa shape index (κ2) is 8.02. The second-order valence-corrected chi connectivity index (χ2v) is 6.43. The molecule has 0 aliphatic heterocycles. The number of hydrogen-bond acceptors (Lipinski definition) is 2. The van der Waals surface area contributed by atoms with Gasteiger partial charge in [0.2, 0.25) is 0 Å². The molecule has 0 saturated carbocycles. The van der Waals surface area contributed by atoms with Crippen LogP contribution in [-0.2, 0) is 0 Å². The lowest BCUT2D eigenvalue weighted by atomic mass is 10.2. The summed E-state index contributed by atoms with van der Waals surface area (Å²) in [5.74, 6) is 0. The molecule has 0 saturated heterocycles. The fourth-order valence-electron chi connectivity index (χ4n) is 1.69. The minimum absolute atomic E-state index is 0.579. The maximum absolute atomic E-state index is 5.86. The Morgan fingerprint density at radius 3 is 2.47 bits per heavy atom. The van der Waals surface area contributed by atoms with E-state index in [1.807, 2.05) is 23.9 Å². The first-order valence-electron chi connectivity index (χ1n) is 6.27. The first-order valence-corrected chi connectivity index (χ1v) is 7.53. The van der Waals surface area contributed by atoms with Gasteiger partial charge in [-0.3, -0.25) is 0 Å². The van der Waals surface area contributed by atoms with E-state index < -0.39 is 0 Å². The van der Waals surface area contributed by atoms with Gasteiger partial charge in [-0.1, -0.05) is 31.9 Å². The van der Waals surface area contributed by atoms with Crippen LogP contribution in [0, 0.1) is 0 Å². The Labute approximate surface area is 114 Å². The molecular formula is C14H22ClNS. The van der Waals surface area contributed by atoms with Crippen LogP contribution in [0.1, 0.15) is 33.6 Å². The summed E-state index contributed by atoms with van der Waals surface area (Å²) >= 11 is 7.76. The Bertz CT molecular complexity index is 313. The highest BCUT2D eigenvalue weighted by Crippen LogP contribution is 2.24. The number of benzene rings is 1. The summed E-state index contributed by atoms with van der Waals surface area (Å²) in [4.78, 5) is 1.28. The molecule has 1 rings (SSSR count). The largest absolute Gasteiger partial charge is 0.313 e. The maximum atomic E-state index is 5.86. The quantitative estimate of drug-likeness (QED) is 0.728. The van der Waals surface area contributed by atoms with Crippen LogP contribution >= 0.6 is 23.4 Å². The fraction of sp³-hybridized carbons (Fsp3) is 0.571. The van der Waals surface area contributed by atoms with Gasteiger partial charge in [0.25, 0.3) is 0 Å². The monoisotopic (exact) mass is 271 g/mol. The SMILES string of the molecule is CCCC(C)NCC(C)Sc1ccc(Cl)cc1. The van der Waals surface area contributed by atoms with Gasteiger partial charge in [0, 0.05) is 27.8 Å². The highest BCUT2D eigenvalue weighted by molar-refractivity contribution is 8.00. The Kier molecular flexibility index (Phi) is 7.02. The molecule has 3 heteroatoms. The normalized spacial score (nSPS) is 14.6. The number of rotatable bonds is 7. The Hall–Kier alpha value is -0.180. The van der Waals surface area contributed by atoms with Crippen molar-refractivity contribution in [1.82, 2.24) is 5.32 Å². The minimum Gasteiger partial charge on any atom is -0.313 e. The van der Waals surface area contributed by atoms with E-state index in [1.54, 1.807) is 0 Å². The predicted octanol–water partition coefficient (Wildman–Crippen LogP) is 4.60. The second-order valence-electron chi connectivity index (χ2n) is 4.48. The Morgan fingerprint density at radius 2 is 1.88 bits per heavy atom. The van der Waals surface area contributed by atoms with Crippen molar-refractivity contribution in [2.75, 3.05) is 6.54 Å².